The van der Waals surface area contributed by atoms with Crippen LogP contribution in [0, 0.1) is 5.92 Å². The summed E-state index contributed by atoms with van der Waals surface area (Å²) >= 11 is 0. The van der Waals surface area contributed by atoms with Crippen LogP contribution in [0.1, 0.15) is 44.7 Å². The van der Waals surface area contributed by atoms with Crippen molar-refractivity contribution in [1.29, 1.82) is 0 Å². The first kappa shape index (κ1) is 11.7. The minimum atomic E-state index is 0.662. The van der Waals surface area contributed by atoms with E-state index in [1.54, 1.807) is 0 Å². The van der Waals surface area contributed by atoms with Gasteiger partial charge < -0.3 is 9.88 Å². The van der Waals surface area contributed by atoms with Gasteiger partial charge in [-0.2, -0.15) is 0 Å². The van der Waals surface area contributed by atoms with Crippen LogP contribution in [0.5, 0.6) is 0 Å². The van der Waals surface area contributed by atoms with E-state index < -0.39 is 0 Å². The lowest BCUT2D eigenvalue weighted by atomic mass is 9.84. The van der Waals surface area contributed by atoms with Crippen LogP contribution in [0.15, 0.2) is 18.3 Å². The third-order valence-electron chi connectivity index (χ3n) is 4.01. The Morgan fingerprint density at radius 1 is 1.38 bits per heavy atom. The fourth-order valence-electron chi connectivity index (χ4n) is 2.75. The summed E-state index contributed by atoms with van der Waals surface area (Å²) in [6.07, 6.45) is 9.26. The molecule has 0 spiro atoms. The van der Waals surface area contributed by atoms with Crippen LogP contribution in [0.25, 0.3) is 0 Å². The third-order valence-corrected chi connectivity index (χ3v) is 4.01. The summed E-state index contributed by atoms with van der Waals surface area (Å²) in [4.78, 5) is 0. The van der Waals surface area contributed by atoms with Crippen LogP contribution >= 0.6 is 0 Å². The number of nitrogens with zero attached hydrogens (tertiary/aromatic N) is 1. The topological polar surface area (TPSA) is 17.0 Å². The van der Waals surface area contributed by atoms with E-state index in [4.69, 9.17) is 0 Å². The number of aryl methyl sites for hydroxylation is 1. The predicted molar refractivity (Wildman–Crippen MR) is 68.3 cm³/mol. The maximum Gasteiger partial charge on any atom is 0.0361 e. The highest BCUT2D eigenvalue weighted by atomic mass is 15.0. The number of nitrogens with one attached hydrogen (secondary N) is 1. The largest absolute Gasteiger partial charge is 0.353 e. The van der Waals surface area contributed by atoms with Gasteiger partial charge >= 0.3 is 0 Å². The minimum absolute atomic E-state index is 0.662. The zero-order valence-electron chi connectivity index (χ0n) is 10.6. The van der Waals surface area contributed by atoms with Crippen molar-refractivity contribution < 1.29 is 0 Å². The molecule has 1 aromatic rings. The Labute approximate surface area is 99.0 Å². The van der Waals surface area contributed by atoms with Crippen molar-refractivity contribution in [3.05, 3.63) is 24.0 Å². The molecule has 1 saturated carbocycles. The van der Waals surface area contributed by atoms with Crippen LogP contribution in [0.3, 0.4) is 0 Å². The van der Waals surface area contributed by atoms with Crippen molar-refractivity contribution in [1.82, 2.24) is 9.88 Å². The molecule has 1 N–H and O–H groups in total. The summed E-state index contributed by atoms with van der Waals surface area (Å²) in [5, 5.41) is 3.67. The number of hydrogen-bond acceptors (Lipinski definition) is 1. The molecule has 1 aliphatic rings. The first-order chi connectivity index (χ1) is 7.77. The summed E-state index contributed by atoms with van der Waals surface area (Å²) in [5.41, 5.74) is 1.38. The maximum absolute atomic E-state index is 3.67. The second-order valence-electron chi connectivity index (χ2n) is 5.18. The second-order valence-corrected chi connectivity index (χ2v) is 5.18. The Hall–Kier alpha value is -0.760. The maximum atomic E-state index is 3.67. The van der Waals surface area contributed by atoms with Gasteiger partial charge in [-0.15, -0.1) is 0 Å². The molecule has 1 heterocycles. The SMILES string of the molecule is CC(NCc1cccn1C)C1CCCCC1. The summed E-state index contributed by atoms with van der Waals surface area (Å²) in [7, 11) is 2.11. The zero-order chi connectivity index (χ0) is 11.4. The standard InChI is InChI=1S/C14H24N2/c1-12(13-7-4-3-5-8-13)15-11-14-9-6-10-16(14)2/h6,9-10,12-13,15H,3-5,7-8,11H2,1-2H3. The van der Waals surface area contributed by atoms with Crippen LogP contribution in [-0.4, -0.2) is 10.6 Å². The molecule has 0 saturated heterocycles. The highest BCUT2D eigenvalue weighted by Gasteiger charge is 2.19. The molecule has 2 nitrogen and oxygen atoms in total. The van der Waals surface area contributed by atoms with Crippen LogP contribution in [-0.2, 0) is 13.6 Å². The predicted octanol–water partition coefficient (Wildman–Crippen LogP) is 3.08. The lowest BCUT2D eigenvalue weighted by Crippen LogP contribution is -2.34. The number of rotatable bonds is 4. The summed E-state index contributed by atoms with van der Waals surface area (Å²) < 4.78 is 2.20. The molecule has 1 atom stereocenters. The van der Waals surface area contributed by atoms with Gasteiger partial charge in [-0.3, -0.25) is 0 Å². The van der Waals surface area contributed by atoms with Gasteiger partial charge in [-0.25, -0.2) is 0 Å². The molecule has 0 bridgehead atoms. The van der Waals surface area contributed by atoms with E-state index in [0.29, 0.717) is 6.04 Å². The fraction of sp³-hybridized carbons (Fsp3) is 0.714. The first-order valence-electron chi connectivity index (χ1n) is 6.61. The van der Waals surface area contributed by atoms with E-state index in [0.717, 1.165) is 12.5 Å². The molecule has 90 valence electrons. The third kappa shape index (κ3) is 2.88. The molecule has 0 amide bonds. The van der Waals surface area contributed by atoms with Crippen LogP contribution in [0.2, 0.25) is 0 Å². The second kappa shape index (κ2) is 5.53. The van der Waals surface area contributed by atoms with Crippen LogP contribution in [0.4, 0.5) is 0 Å². The molecule has 2 heteroatoms. The summed E-state index contributed by atoms with van der Waals surface area (Å²) in [6, 6.07) is 4.97. The number of aromatic nitrogens is 1. The van der Waals surface area contributed by atoms with Gasteiger partial charge in [0.2, 0.25) is 0 Å². The average molecular weight is 220 g/mol. The fourth-order valence-corrected chi connectivity index (χ4v) is 2.75. The van der Waals surface area contributed by atoms with E-state index in [2.05, 4.69) is 42.2 Å². The van der Waals surface area contributed by atoms with E-state index in [1.807, 2.05) is 0 Å². The van der Waals surface area contributed by atoms with Gasteiger partial charge in [-0.05, 0) is 37.8 Å². The Morgan fingerprint density at radius 2 is 2.12 bits per heavy atom. The lowest BCUT2D eigenvalue weighted by molar-refractivity contribution is 0.279. The first-order valence-corrected chi connectivity index (χ1v) is 6.61. The van der Waals surface area contributed by atoms with E-state index in [9.17, 15) is 0 Å². The molecule has 1 fully saturated rings. The Kier molecular flexibility index (Phi) is 4.05. The van der Waals surface area contributed by atoms with Crippen molar-refractivity contribution in [3.63, 3.8) is 0 Å². The molecule has 0 aliphatic heterocycles. The van der Waals surface area contributed by atoms with Crippen molar-refractivity contribution in [2.24, 2.45) is 13.0 Å². The summed E-state index contributed by atoms with van der Waals surface area (Å²) in [6.45, 7) is 3.35. The molecule has 0 radical (unpaired) electrons. The van der Waals surface area contributed by atoms with Crippen molar-refractivity contribution in [3.8, 4) is 0 Å². The average Bonchev–Trinajstić information content (AvgIpc) is 2.73. The van der Waals surface area contributed by atoms with E-state index >= 15 is 0 Å². The van der Waals surface area contributed by atoms with Gasteiger partial charge in [0.25, 0.3) is 0 Å². The quantitative estimate of drug-likeness (QED) is 0.825. The molecular formula is C14H24N2. The van der Waals surface area contributed by atoms with Gasteiger partial charge in [-0.1, -0.05) is 19.3 Å². The molecule has 1 unspecified atom stereocenters. The Bertz CT molecular complexity index is 310. The highest BCUT2D eigenvalue weighted by Crippen LogP contribution is 2.26. The van der Waals surface area contributed by atoms with E-state index in [1.165, 1.54) is 37.8 Å². The zero-order valence-corrected chi connectivity index (χ0v) is 10.6. The van der Waals surface area contributed by atoms with Gasteiger partial charge in [0.05, 0.1) is 0 Å². The van der Waals surface area contributed by atoms with Crippen molar-refractivity contribution >= 4 is 0 Å². The molecule has 2 rings (SSSR count). The minimum Gasteiger partial charge on any atom is -0.353 e. The molecule has 16 heavy (non-hydrogen) atoms. The molecule has 0 aromatic carbocycles. The number of hydrogen-bond donors (Lipinski definition) is 1. The monoisotopic (exact) mass is 220 g/mol. The van der Waals surface area contributed by atoms with Gasteiger partial charge in [0.15, 0.2) is 0 Å². The summed E-state index contributed by atoms with van der Waals surface area (Å²) in [5.74, 6) is 0.897. The van der Waals surface area contributed by atoms with Crippen molar-refractivity contribution in [2.45, 2.75) is 51.6 Å². The normalized spacial score (nSPS) is 19.9. The Balaban J connectivity index is 1.78. The van der Waals surface area contributed by atoms with Gasteiger partial charge in [0.1, 0.15) is 0 Å². The molecule has 1 aromatic heterocycles. The lowest BCUT2D eigenvalue weighted by Gasteiger charge is -2.28. The van der Waals surface area contributed by atoms with Gasteiger partial charge in [0, 0.05) is 31.5 Å². The highest BCUT2D eigenvalue weighted by molar-refractivity contribution is 5.06. The van der Waals surface area contributed by atoms with E-state index in [-0.39, 0.29) is 0 Å². The molecular weight excluding hydrogens is 196 g/mol. The smallest absolute Gasteiger partial charge is 0.0361 e. The Morgan fingerprint density at radius 3 is 2.75 bits per heavy atom. The molecule has 1 aliphatic carbocycles. The van der Waals surface area contributed by atoms with Crippen molar-refractivity contribution in [2.75, 3.05) is 0 Å². The van der Waals surface area contributed by atoms with Crippen LogP contribution < -0.4 is 5.32 Å².